The van der Waals surface area contributed by atoms with E-state index >= 15 is 0 Å². The maximum atomic E-state index is 12.5. The molecule has 120 valence electrons. The lowest BCUT2D eigenvalue weighted by molar-refractivity contribution is -0.284. The number of alkyl halides is 5. The van der Waals surface area contributed by atoms with Gasteiger partial charge in [-0.25, -0.2) is 4.79 Å². The van der Waals surface area contributed by atoms with Crippen LogP contribution in [0.5, 0.6) is 0 Å². The molecule has 0 spiro atoms. The van der Waals surface area contributed by atoms with Gasteiger partial charge >= 0.3 is 18.1 Å². The number of unbranched alkanes of at least 4 members (excludes halogenated alkanes) is 3. The van der Waals surface area contributed by atoms with E-state index < -0.39 is 30.6 Å². The van der Waals surface area contributed by atoms with E-state index in [9.17, 15) is 26.7 Å². The molecule has 8 heteroatoms. The Morgan fingerprint density at radius 3 is 2.10 bits per heavy atom. The summed E-state index contributed by atoms with van der Waals surface area (Å²) in [7, 11) is 0. The van der Waals surface area contributed by atoms with Crippen molar-refractivity contribution in [3.05, 3.63) is 0 Å². The smallest absolute Gasteiger partial charge is 0.453 e. The van der Waals surface area contributed by atoms with Crippen LogP contribution in [-0.4, -0.2) is 35.9 Å². The van der Waals surface area contributed by atoms with Gasteiger partial charge < -0.3 is 9.84 Å². The van der Waals surface area contributed by atoms with Gasteiger partial charge in [-0.15, -0.1) is 0 Å². The molecule has 0 saturated heterocycles. The highest BCUT2D eigenvalue weighted by Gasteiger charge is 2.56. The van der Waals surface area contributed by atoms with E-state index in [0.29, 0.717) is 19.3 Å². The van der Waals surface area contributed by atoms with E-state index in [0.717, 1.165) is 0 Å². The Kier molecular flexibility index (Phi) is 8.00. The Morgan fingerprint density at radius 2 is 1.65 bits per heavy atom. The van der Waals surface area contributed by atoms with Gasteiger partial charge in [-0.1, -0.05) is 19.8 Å². The van der Waals surface area contributed by atoms with Crippen molar-refractivity contribution in [3.63, 3.8) is 0 Å². The molecule has 0 rings (SSSR count). The molecule has 1 N–H and O–H groups in total. The van der Waals surface area contributed by atoms with Crippen LogP contribution in [0.15, 0.2) is 0 Å². The number of carboxylic acids is 1. The normalized spacial score (nSPS) is 14.3. The molecule has 20 heavy (non-hydrogen) atoms. The number of rotatable bonds is 10. The molecule has 0 amide bonds. The second kappa shape index (κ2) is 8.39. The average Bonchev–Trinajstić information content (AvgIpc) is 2.30. The van der Waals surface area contributed by atoms with Gasteiger partial charge in [-0.05, 0) is 19.3 Å². The molecule has 1 atom stereocenters. The van der Waals surface area contributed by atoms with Gasteiger partial charge in [0, 0.05) is 13.0 Å². The predicted molar refractivity (Wildman–Crippen MR) is 61.8 cm³/mol. The molecular weight excluding hydrogens is 287 g/mol. The van der Waals surface area contributed by atoms with Crippen molar-refractivity contribution in [2.75, 3.05) is 6.61 Å². The quantitative estimate of drug-likeness (QED) is 0.490. The number of carboxylic acid groups (broad SMARTS) is 1. The van der Waals surface area contributed by atoms with Crippen LogP contribution in [0.3, 0.4) is 0 Å². The third-order valence-electron chi connectivity index (χ3n) is 2.77. The lowest BCUT2D eigenvalue weighted by atomic mass is 10.1. The fourth-order valence-electron chi connectivity index (χ4n) is 1.53. The van der Waals surface area contributed by atoms with Gasteiger partial charge in [0.2, 0.25) is 0 Å². The van der Waals surface area contributed by atoms with E-state index in [-0.39, 0.29) is 19.4 Å². The van der Waals surface area contributed by atoms with Gasteiger partial charge in [-0.3, -0.25) is 0 Å². The van der Waals surface area contributed by atoms with Crippen LogP contribution in [0, 0.1) is 0 Å². The summed E-state index contributed by atoms with van der Waals surface area (Å²) in [4.78, 5) is 10.6. The van der Waals surface area contributed by atoms with E-state index in [1.165, 1.54) is 0 Å². The zero-order valence-electron chi connectivity index (χ0n) is 11.2. The minimum atomic E-state index is -5.49. The third kappa shape index (κ3) is 7.02. The first-order chi connectivity index (χ1) is 9.12. The molecular formula is C12H19F5O3. The number of ether oxygens (including phenoxy) is 1. The number of hydrogen-bond acceptors (Lipinski definition) is 2. The predicted octanol–water partition coefficient (Wildman–Crippen LogP) is 4.01. The van der Waals surface area contributed by atoms with Crippen LogP contribution < -0.4 is 0 Å². The molecule has 0 saturated carbocycles. The lowest BCUT2D eigenvalue weighted by Gasteiger charge is -2.19. The van der Waals surface area contributed by atoms with Crippen LogP contribution in [0.25, 0.3) is 0 Å². The van der Waals surface area contributed by atoms with Crippen molar-refractivity contribution in [2.45, 2.75) is 63.7 Å². The lowest BCUT2D eigenvalue weighted by Crippen LogP contribution is -2.36. The molecule has 0 bridgehead atoms. The number of halogens is 5. The van der Waals surface area contributed by atoms with Gasteiger partial charge in [-0.2, -0.15) is 22.0 Å². The Morgan fingerprint density at radius 1 is 1.10 bits per heavy atom. The van der Waals surface area contributed by atoms with Gasteiger partial charge in [0.15, 0.2) is 6.10 Å². The minimum Gasteiger partial charge on any atom is -0.479 e. The summed E-state index contributed by atoms with van der Waals surface area (Å²) in [5.74, 6) is -5.71. The number of aliphatic carboxylic acids is 1. The highest BCUT2D eigenvalue weighted by Crippen LogP contribution is 2.39. The number of hydrogen-bond donors (Lipinski definition) is 1. The van der Waals surface area contributed by atoms with Crippen LogP contribution in [0.2, 0.25) is 0 Å². The Labute approximate surface area is 114 Å². The summed E-state index contributed by atoms with van der Waals surface area (Å²) in [5, 5.41) is 8.66. The van der Waals surface area contributed by atoms with E-state index in [4.69, 9.17) is 9.84 Å². The first-order valence-electron chi connectivity index (χ1n) is 6.40. The monoisotopic (exact) mass is 306 g/mol. The van der Waals surface area contributed by atoms with Crippen molar-refractivity contribution in [1.82, 2.24) is 0 Å². The van der Waals surface area contributed by atoms with Crippen LogP contribution in [-0.2, 0) is 9.53 Å². The standard InChI is InChI=1S/C12H19F5O3/c1-2-9(10(18)19)20-8-6-4-3-5-7-11(13,14)12(15,16)17/h9H,2-8H2,1H3,(H,18,19). The Hall–Kier alpha value is -0.920. The molecule has 0 heterocycles. The summed E-state index contributed by atoms with van der Waals surface area (Å²) in [6.45, 7) is 1.80. The summed E-state index contributed by atoms with van der Waals surface area (Å²) in [6, 6.07) is 0. The highest BCUT2D eigenvalue weighted by molar-refractivity contribution is 5.72. The molecule has 3 nitrogen and oxygen atoms in total. The van der Waals surface area contributed by atoms with Crippen molar-refractivity contribution < 1.29 is 36.6 Å². The summed E-state index contributed by atoms with van der Waals surface area (Å²) in [5.41, 5.74) is 0. The van der Waals surface area contributed by atoms with Crippen molar-refractivity contribution in [3.8, 4) is 0 Å². The first kappa shape index (κ1) is 19.1. The average molecular weight is 306 g/mol. The molecule has 0 aromatic rings. The topological polar surface area (TPSA) is 46.5 Å². The van der Waals surface area contributed by atoms with Gasteiger partial charge in [0.25, 0.3) is 0 Å². The molecule has 1 unspecified atom stereocenters. The molecule has 0 aromatic heterocycles. The molecule has 0 fully saturated rings. The fourth-order valence-corrected chi connectivity index (χ4v) is 1.53. The first-order valence-corrected chi connectivity index (χ1v) is 6.40. The van der Waals surface area contributed by atoms with Crippen molar-refractivity contribution in [2.24, 2.45) is 0 Å². The molecule has 0 aliphatic heterocycles. The third-order valence-corrected chi connectivity index (χ3v) is 2.77. The van der Waals surface area contributed by atoms with Gasteiger partial charge in [0.05, 0.1) is 0 Å². The maximum absolute atomic E-state index is 12.5. The number of carbonyl (C=O) groups is 1. The largest absolute Gasteiger partial charge is 0.479 e. The molecule has 0 aromatic carbocycles. The van der Waals surface area contributed by atoms with Crippen LogP contribution >= 0.6 is 0 Å². The SMILES string of the molecule is CCC(OCCCCCCC(F)(F)C(F)(F)F)C(=O)O. The minimum absolute atomic E-state index is 0.153. The Balaban J connectivity index is 3.67. The highest BCUT2D eigenvalue weighted by atomic mass is 19.4. The van der Waals surface area contributed by atoms with Crippen LogP contribution in [0.1, 0.15) is 45.4 Å². The summed E-state index contributed by atoms with van der Waals surface area (Å²) >= 11 is 0. The second-order valence-electron chi connectivity index (χ2n) is 4.47. The van der Waals surface area contributed by atoms with Crippen molar-refractivity contribution in [1.29, 1.82) is 0 Å². The second-order valence-corrected chi connectivity index (χ2v) is 4.47. The molecule has 0 radical (unpaired) electrons. The summed E-state index contributed by atoms with van der Waals surface area (Å²) < 4.78 is 65.6. The molecule has 0 aliphatic rings. The zero-order chi connectivity index (χ0) is 15.8. The van der Waals surface area contributed by atoms with Crippen LogP contribution in [0.4, 0.5) is 22.0 Å². The Bertz CT molecular complexity index is 291. The van der Waals surface area contributed by atoms with E-state index in [2.05, 4.69) is 0 Å². The van der Waals surface area contributed by atoms with Crippen molar-refractivity contribution >= 4 is 5.97 Å². The molecule has 0 aliphatic carbocycles. The zero-order valence-corrected chi connectivity index (χ0v) is 11.2. The fraction of sp³-hybridized carbons (Fsp3) is 0.917. The van der Waals surface area contributed by atoms with Gasteiger partial charge in [0.1, 0.15) is 0 Å². The van der Waals surface area contributed by atoms with E-state index in [1.807, 2.05) is 0 Å². The van der Waals surface area contributed by atoms with E-state index in [1.54, 1.807) is 6.92 Å². The maximum Gasteiger partial charge on any atom is 0.453 e. The summed E-state index contributed by atoms with van der Waals surface area (Å²) in [6.07, 6.45) is -6.46.